The molecule has 0 aromatic heterocycles. The van der Waals surface area contributed by atoms with Gasteiger partial charge in [0, 0.05) is 12.0 Å². The molecule has 1 aliphatic carbocycles. The van der Waals surface area contributed by atoms with Crippen LogP contribution in [-0.4, -0.2) is 46.9 Å². The molecule has 1 saturated heterocycles. The fourth-order valence-corrected chi connectivity index (χ4v) is 4.01. The monoisotopic (exact) mass is 312 g/mol. The minimum absolute atomic E-state index is 0.246. The van der Waals surface area contributed by atoms with Gasteiger partial charge in [0.1, 0.15) is 11.2 Å². The third kappa shape index (κ3) is 3.25. The molecule has 1 heterocycles. The molecule has 0 radical (unpaired) electrons. The standard InChI is InChI=1S/C17H32N2O3/c1-5-13-7-6-8-16(9-13,10-18)17(21)11-19(12-17)14(20)22-15(2,3)4/h13,21H,5-12,18H2,1-4H3. The number of carbonyl (C=O) groups is 1. The van der Waals surface area contributed by atoms with Gasteiger partial charge in [-0.15, -0.1) is 0 Å². The van der Waals surface area contributed by atoms with Gasteiger partial charge in [0.2, 0.25) is 0 Å². The molecule has 1 amide bonds. The Hall–Kier alpha value is -0.810. The van der Waals surface area contributed by atoms with Crippen molar-refractivity contribution < 1.29 is 14.6 Å². The Labute approximate surface area is 134 Å². The second-order valence-electron chi connectivity index (χ2n) is 8.22. The van der Waals surface area contributed by atoms with Gasteiger partial charge in [0.25, 0.3) is 0 Å². The van der Waals surface area contributed by atoms with Gasteiger partial charge >= 0.3 is 6.09 Å². The Balaban J connectivity index is 2.02. The third-order valence-electron chi connectivity index (χ3n) is 5.46. The van der Waals surface area contributed by atoms with E-state index in [9.17, 15) is 9.90 Å². The van der Waals surface area contributed by atoms with Crippen molar-refractivity contribution in [2.45, 2.75) is 71.0 Å². The fraction of sp³-hybridized carbons (Fsp3) is 0.941. The Morgan fingerprint density at radius 3 is 2.55 bits per heavy atom. The highest BCUT2D eigenvalue weighted by atomic mass is 16.6. The zero-order valence-corrected chi connectivity index (χ0v) is 14.5. The van der Waals surface area contributed by atoms with Gasteiger partial charge in [-0.25, -0.2) is 4.79 Å². The number of nitrogens with zero attached hydrogens (tertiary/aromatic N) is 1. The number of β-amino-alcohol motifs (C(OH)–C–C–N with tert-alkyl or cyclic N) is 1. The number of rotatable bonds is 3. The van der Waals surface area contributed by atoms with Crippen LogP contribution >= 0.6 is 0 Å². The van der Waals surface area contributed by atoms with Crippen molar-refractivity contribution in [1.29, 1.82) is 0 Å². The van der Waals surface area contributed by atoms with Gasteiger partial charge in [0.05, 0.1) is 13.1 Å². The maximum absolute atomic E-state index is 12.1. The number of carbonyl (C=O) groups excluding carboxylic acids is 1. The normalized spacial score (nSPS) is 31.5. The van der Waals surface area contributed by atoms with Crippen molar-refractivity contribution in [1.82, 2.24) is 4.90 Å². The maximum atomic E-state index is 12.1. The van der Waals surface area contributed by atoms with E-state index in [-0.39, 0.29) is 11.5 Å². The summed E-state index contributed by atoms with van der Waals surface area (Å²) in [7, 11) is 0. The van der Waals surface area contributed by atoms with E-state index >= 15 is 0 Å². The molecule has 2 atom stereocenters. The topological polar surface area (TPSA) is 75.8 Å². The first-order valence-electron chi connectivity index (χ1n) is 8.55. The van der Waals surface area contributed by atoms with E-state index in [1.807, 2.05) is 20.8 Å². The summed E-state index contributed by atoms with van der Waals surface area (Å²) in [5.41, 5.74) is 4.47. The van der Waals surface area contributed by atoms with Gasteiger partial charge in [-0.2, -0.15) is 0 Å². The van der Waals surface area contributed by atoms with Gasteiger partial charge in [-0.3, -0.25) is 0 Å². The van der Waals surface area contributed by atoms with E-state index < -0.39 is 11.2 Å². The Bertz CT molecular complexity index is 413. The number of likely N-dealkylation sites (tertiary alicyclic amines) is 1. The molecule has 2 aliphatic rings. The average molecular weight is 312 g/mol. The fourth-order valence-electron chi connectivity index (χ4n) is 4.01. The van der Waals surface area contributed by atoms with E-state index in [4.69, 9.17) is 10.5 Å². The lowest BCUT2D eigenvalue weighted by molar-refractivity contribution is -0.186. The molecule has 0 bridgehead atoms. The van der Waals surface area contributed by atoms with Crippen molar-refractivity contribution in [3.63, 3.8) is 0 Å². The molecule has 0 aromatic rings. The smallest absolute Gasteiger partial charge is 0.410 e. The maximum Gasteiger partial charge on any atom is 0.410 e. The molecule has 5 nitrogen and oxygen atoms in total. The van der Waals surface area contributed by atoms with Gasteiger partial charge in [-0.05, 0) is 39.5 Å². The summed E-state index contributed by atoms with van der Waals surface area (Å²) in [6, 6.07) is 0. The lowest BCUT2D eigenvalue weighted by atomic mass is 9.57. The van der Waals surface area contributed by atoms with Crippen LogP contribution in [0.4, 0.5) is 4.79 Å². The van der Waals surface area contributed by atoms with Gasteiger partial charge < -0.3 is 20.5 Å². The first kappa shape index (κ1) is 17.5. The molecule has 0 aromatic carbocycles. The molecule has 5 heteroatoms. The number of amides is 1. The predicted molar refractivity (Wildman–Crippen MR) is 86.5 cm³/mol. The van der Waals surface area contributed by atoms with Gasteiger partial charge in [0.15, 0.2) is 0 Å². The molecular formula is C17H32N2O3. The summed E-state index contributed by atoms with van der Waals surface area (Å²) in [5, 5.41) is 11.1. The number of nitrogens with two attached hydrogens (primary N) is 1. The second-order valence-corrected chi connectivity index (χ2v) is 8.22. The highest BCUT2D eigenvalue weighted by Crippen LogP contribution is 2.50. The highest BCUT2D eigenvalue weighted by Gasteiger charge is 2.59. The molecule has 128 valence electrons. The van der Waals surface area contributed by atoms with Crippen molar-refractivity contribution >= 4 is 6.09 Å². The molecular weight excluding hydrogens is 280 g/mol. The minimum atomic E-state index is -0.855. The second kappa shape index (κ2) is 6.00. The van der Waals surface area contributed by atoms with Crippen LogP contribution in [0.25, 0.3) is 0 Å². The molecule has 22 heavy (non-hydrogen) atoms. The summed E-state index contributed by atoms with van der Waals surface area (Å²) >= 11 is 0. The zero-order chi connectivity index (χ0) is 16.6. The van der Waals surface area contributed by atoms with Crippen LogP contribution in [0.15, 0.2) is 0 Å². The summed E-state index contributed by atoms with van der Waals surface area (Å²) in [4.78, 5) is 13.7. The van der Waals surface area contributed by atoms with Crippen molar-refractivity contribution in [2.75, 3.05) is 19.6 Å². The van der Waals surface area contributed by atoms with Crippen LogP contribution in [0, 0.1) is 11.3 Å². The van der Waals surface area contributed by atoms with Crippen molar-refractivity contribution in [2.24, 2.45) is 17.1 Å². The van der Waals surface area contributed by atoms with Crippen LogP contribution in [0.3, 0.4) is 0 Å². The predicted octanol–water partition coefficient (Wildman–Crippen LogP) is 2.51. The number of hydrogen-bond acceptors (Lipinski definition) is 4. The summed E-state index contributed by atoms with van der Waals surface area (Å²) < 4.78 is 5.38. The largest absolute Gasteiger partial charge is 0.444 e. The molecule has 1 saturated carbocycles. The third-order valence-corrected chi connectivity index (χ3v) is 5.46. The van der Waals surface area contributed by atoms with Crippen LogP contribution in [0.5, 0.6) is 0 Å². The first-order chi connectivity index (χ1) is 10.1. The quantitative estimate of drug-likeness (QED) is 0.839. The minimum Gasteiger partial charge on any atom is -0.444 e. The van der Waals surface area contributed by atoms with Crippen LogP contribution in [0.2, 0.25) is 0 Å². The van der Waals surface area contributed by atoms with E-state index in [0.717, 1.165) is 25.7 Å². The van der Waals surface area contributed by atoms with E-state index in [0.29, 0.717) is 25.6 Å². The van der Waals surface area contributed by atoms with Crippen molar-refractivity contribution in [3.05, 3.63) is 0 Å². The summed E-state index contributed by atoms with van der Waals surface area (Å²) in [6.07, 6.45) is 5.06. The molecule has 2 unspecified atom stereocenters. The summed E-state index contributed by atoms with van der Waals surface area (Å²) in [6.45, 7) is 8.93. The Morgan fingerprint density at radius 2 is 2.05 bits per heavy atom. The van der Waals surface area contributed by atoms with Crippen molar-refractivity contribution in [3.8, 4) is 0 Å². The van der Waals surface area contributed by atoms with Gasteiger partial charge in [-0.1, -0.05) is 26.2 Å². The lowest BCUT2D eigenvalue weighted by Gasteiger charge is -2.58. The van der Waals surface area contributed by atoms with E-state index in [1.54, 1.807) is 4.90 Å². The zero-order valence-electron chi connectivity index (χ0n) is 14.5. The van der Waals surface area contributed by atoms with E-state index in [2.05, 4.69) is 6.92 Å². The highest BCUT2D eigenvalue weighted by molar-refractivity contribution is 5.69. The van der Waals surface area contributed by atoms with Crippen LogP contribution in [-0.2, 0) is 4.74 Å². The van der Waals surface area contributed by atoms with E-state index in [1.165, 1.54) is 6.42 Å². The Morgan fingerprint density at radius 1 is 1.41 bits per heavy atom. The molecule has 2 rings (SSSR count). The lowest BCUT2D eigenvalue weighted by Crippen LogP contribution is -2.73. The number of aliphatic hydroxyl groups is 1. The number of hydrogen-bond donors (Lipinski definition) is 2. The Kier molecular flexibility index (Phi) is 4.79. The first-order valence-corrected chi connectivity index (χ1v) is 8.55. The molecule has 3 N–H and O–H groups in total. The summed E-state index contributed by atoms with van der Waals surface area (Å²) in [5.74, 6) is 0.636. The molecule has 0 spiro atoms. The van der Waals surface area contributed by atoms with Crippen LogP contribution < -0.4 is 5.73 Å². The average Bonchev–Trinajstić information content (AvgIpc) is 2.41. The number of ether oxygens (including phenoxy) is 1. The SMILES string of the molecule is CCC1CCCC(CN)(C2(O)CN(C(=O)OC(C)(C)C)C2)C1. The van der Waals surface area contributed by atoms with Crippen LogP contribution in [0.1, 0.15) is 59.8 Å². The molecule has 2 fully saturated rings. The molecule has 1 aliphatic heterocycles.